The Bertz CT molecular complexity index is 281. The molecule has 12 heavy (non-hydrogen) atoms. The van der Waals surface area contributed by atoms with Crippen LogP contribution in [-0.4, -0.2) is 29.0 Å². The maximum atomic E-state index is 4.17. The first kappa shape index (κ1) is 7.02. The van der Waals surface area contributed by atoms with Gasteiger partial charge in [0, 0.05) is 6.54 Å². The molecule has 1 aliphatic rings. The van der Waals surface area contributed by atoms with E-state index in [4.69, 9.17) is 0 Å². The molecule has 0 unspecified atom stereocenters. The predicted molar refractivity (Wildman–Crippen MR) is 46.0 cm³/mol. The lowest BCUT2D eigenvalue weighted by Gasteiger charge is -2.03. The smallest absolute Gasteiger partial charge is 0.196 e. The molecule has 1 aromatic heterocycles. The van der Waals surface area contributed by atoms with Gasteiger partial charge in [-0.05, 0) is 0 Å². The average Bonchev–Trinajstić information content (AvgIpc) is 2.59. The Labute approximate surface area is 70.0 Å². The summed E-state index contributed by atoms with van der Waals surface area (Å²) < 4.78 is 0. The number of hydrogen-bond donors (Lipinski definition) is 2. The van der Waals surface area contributed by atoms with Crippen LogP contribution in [0.25, 0.3) is 0 Å². The summed E-state index contributed by atoms with van der Waals surface area (Å²) in [6.07, 6.45) is 4.90. The maximum Gasteiger partial charge on any atom is 0.196 e. The van der Waals surface area contributed by atoms with E-state index < -0.39 is 0 Å². The Kier molecular flexibility index (Phi) is 1.85. The van der Waals surface area contributed by atoms with Gasteiger partial charge in [-0.2, -0.15) is 0 Å². The monoisotopic (exact) mass is 163 g/mol. The summed E-state index contributed by atoms with van der Waals surface area (Å²) in [6, 6.07) is 0. The molecule has 0 spiro atoms. The van der Waals surface area contributed by atoms with Crippen molar-refractivity contribution in [3.63, 3.8) is 0 Å². The number of rotatable bonds is 1. The van der Waals surface area contributed by atoms with Gasteiger partial charge < -0.3 is 10.6 Å². The summed E-state index contributed by atoms with van der Waals surface area (Å²) in [7, 11) is 0. The molecular formula is C7H9N5. The normalized spacial score (nSPS) is 15.2. The van der Waals surface area contributed by atoms with E-state index in [1.165, 1.54) is 6.33 Å². The molecule has 0 fully saturated rings. The van der Waals surface area contributed by atoms with Crippen molar-refractivity contribution in [2.24, 2.45) is 4.99 Å². The second kappa shape index (κ2) is 3.17. The molecular weight excluding hydrogens is 154 g/mol. The van der Waals surface area contributed by atoms with Crippen molar-refractivity contribution in [2.75, 3.05) is 18.4 Å². The number of anilines is 1. The molecule has 0 radical (unpaired) electrons. The molecule has 0 saturated carbocycles. The number of hydrogen-bond acceptors (Lipinski definition) is 5. The fraction of sp³-hybridized carbons (Fsp3) is 0.286. The minimum atomic E-state index is 0.796. The Hall–Kier alpha value is -1.65. The Balaban J connectivity index is 2.04. The van der Waals surface area contributed by atoms with Gasteiger partial charge in [0.1, 0.15) is 6.33 Å². The van der Waals surface area contributed by atoms with Crippen LogP contribution >= 0.6 is 0 Å². The molecule has 0 aliphatic carbocycles. The fourth-order valence-electron chi connectivity index (χ4n) is 0.982. The van der Waals surface area contributed by atoms with Gasteiger partial charge >= 0.3 is 0 Å². The number of aliphatic imine (C=N–C) groups is 1. The summed E-state index contributed by atoms with van der Waals surface area (Å²) in [5, 5.41) is 6.14. The first-order valence-electron chi connectivity index (χ1n) is 3.75. The Morgan fingerprint density at radius 3 is 2.83 bits per heavy atom. The molecule has 2 heterocycles. The molecule has 0 bridgehead atoms. The van der Waals surface area contributed by atoms with Gasteiger partial charge in [-0.15, -0.1) is 0 Å². The van der Waals surface area contributed by atoms with E-state index in [1.54, 1.807) is 12.4 Å². The zero-order valence-electron chi connectivity index (χ0n) is 6.49. The molecule has 0 atom stereocenters. The molecule has 2 N–H and O–H groups in total. The summed E-state index contributed by atoms with van der Waals surface area (Å²) >= 11 is 0. The van der Waals surface area contributed by atoms with E-state index in [-0.39, 0.29) is 0 Å². The minimum Gasteiger partial charge on any atom is -0.354 e. The number of nitrogens with one attached hydrogen (secondary N) is 2. The van der Waals surface area contributed by atoms with Crippen LogP contribution < -0.4 is 10.6 Å². The number of nitrogens with zero attached hydrogens (tertiary/aromatic N) is 3. The van der Waals surface area contributed by atoms with Crippen molar-refractivity contribution in [2.45, 2.75) is 0 Å². The van der Waals surface area contributed by atoms with Crippen LogP contribution in [0.3, 0.4) is 0 Å². The third-order valence-corrected chi connectivity index (χ3v) is 1.50. The molecule has 62 valence electrons. The van der Waals surface area contributed by atoms with Crippen molar-refractivity contribution in [1.82, 2.24) is 15.3 Å². The summed E-state index contributed by atoms with van der Waals surface area (Å²) in [4.78, 5) is 11.9. The summed E-state index contributed by atoms with van der Waals surface area (Å²) in [5.74, 6) is 0.796. The predicted octanol–water partition coefficient (Wildman–Crippen LogP) is -0.152. The van der Waals surface area contributed by atoms with E-state index in [2.05, 4.69) is 25.6 Å². The van der Waals surface area contributed by atoms with Gasteiger partial charge in [-0.3, -0.25) is 4.99 Å². The van der Waals surface area contributed by atoms with Crippen LogP contribution in [0.2, 0.25) is 0 Å². The molecule has 2 rings (SSSR count). The molecule has 0 aromatic carbocycles. The van der Waals surface area contributed by atoms with Crippen LogP contribution in [0.5, 0.6) is 0 Å². The van der Waals surface area contributed by atoms with Crippen LogP contribution in [0.1, 0.15) is 0 Å². The van der Waals surface area contributed by atoms with E-state index in [9.17, 15) is 0 Å². The van der Waals surface area contributed by atoms with Gasteiger partial charge in [-0.25, -0.2) is 9.97 Å². The zero-order valence-corrected chi connectivity index (χ0v) is 6.49. The van der Waals surface area contributed by atoms with Crippen molar-refractivity contribution in [1.29, 1.82) is 0 Å². The van der Waals surface area contributed by atoms with Gasteiger partial charge in [0.2, 0.25) is 0 Å². The van der Waals surface area contributed by atoms with Crippen LogP contribution in [0.15, 0.2) is 23.7 Å². The van der Waals surface area contributed by atoms with Crippen LogP contribution in [0.4, 0.5) is 5.69 Å². The Morgan fingerprint density at radius 1 is 1.33 bits per heavy atom. The molecule has 5 nitrogen and oxygen atoms in total. The van der Waals surface area contributed by atoms with E-state index in [0.717, 1.165) is 24.7 Å². The average molecular weight is 163 g/mol. The highest BCUT2D eigenvalue weighted by Gasteiger charge is 2.03. The highest BCUT2D eigenvalue weighted by atomic mass is 15.2. The second-order valence-corrected chi connectivity index (χ2v) is 2.41. The van der Waals surface area contributed by atoms with Gasteiger partial charge in [0.05, 0.1) is 24.6 Å². The standard InChI is InChI=1S/C7H9N5/c1-2-11-7(10-1)12-6-3-8-5-9-4-6/h3-5H,1-2H2,(H2,10,11,12). The van der Waals surface area contributed by atoms with E-state index in [0.29, 0.717) is 0 Å². The number of aromatic nitrogens is 2. The quantitative estimate of drug-likeness (QED) is 0.604. The lowest BCUT2D eigenvalue weighted by atomic mass is 10.5. The van der Waals surface area contributed by atoms with Crippen LogP contribution in [-0.2, 0) is 0 Å². The third kappa shape index (κ3) is 1.50. The Morgan fingerprint density at radius 2 is 2.17 bits per heavy atom. The molecule has 0 saturated heterocycles. The highest BCUT2D eigenvalue weighted by Crippen LogP contribution is 2.00. The van der Waals surface area contributed by atoms with E-state index >= 15 is 0 Å². The lowest BCUT2D eigenvalue weighted by molar-refractivity contribution is 0.959. The SMILES string of the molecule is c1ncc(NC2=NCCN2)cn1. The molecule has 1 aliphatic heterocycles. The fourth-order valence-corrected chi connectivity index (χ4v) is 0.982. The summed E-state index contributed by atoms with van der Waals surface area (Å²) in [5.41, 5.74) is 0.852. The van der Waals surface area contributed by atoms with Crippen molar-refractivity contribution in [3.8, 4) is 0 Å². The first-order valence-corrected chi connectivity index (χ1v) is 3.75. The van der Waals surface area contributed by atoms with Crippen LogP contribution in [0, 0.1) is 0 Å². The highest BCUT2D eigenvalue weighted by molar-refractivity contribution is 5.94. The first-order chi connectivity index (χ1) is 5.95. The van der Waals surface area contributed by atoms with Gasteiger partial charge in [-0.1, -0.05) is 0 Å². The molecule has 5 heteroatoms. The lowest BCUT2D eigenvalue weighted by Crippen LogP contribution is -2.26. The zero-order chi connectivity index (χ0) is 8.23. The maximum absolute atomic E-state index is 4.17. The minimum absolute atomic E-state index is 0.796. The molecule has 0 amide bonds. The summed E-state index contributed by atoms with van der Waals surface area (Å²) in [6.45, 7) is 1.73. The van der Waals surface area contributed by atoms with Gasteiger partial charge in [0.15, 0.2) is 5.96 Å². The third-order valence-electron chi connectivity index (χ3n) is 1.50. The van der Waals surface area contributed by atoms with Crippen molar-refractivity contribution >= 4 is 11.6 Å². The van der Waals surface area contributed by atoms with Crippen molar-refractivity contribution in [3.05, 3.63) is 18.7 Å². The largest absolute Gasteiger partial charge is 0.354 e. The molecule has 1 aromatic rings. The van der Waals surface area contributed by atoms with Crippen molar-refractivity contribution < 1.29 is 0 Å². The van der Waals surface area contributed by atoms with E-state index in [1.807, 2.05) is 0 Å². The second-order valence-electron chi connectivity index (χ2n) is 2.41. The number of guanidine groups is 1. The van der Waals surface area contributed by atoms with Gasteiger partial charge in [0.25, 0.3) is 0 Å². The topological polar surface area (TPSA) is 62.2 Å².